The predicted molar refractivity (Wildman–Crippen MR) is 107 cm³/mol. The second-order valence-electron chi connectivity index (χ2n) is 7.26. The van der Waals surface area contributed by atoms with Gasteiger partial charge in [0.15, 0.2) is 0 Å². The molecule has 0 spiro atoms. The van der Waals surface area contributed by atoms with Gasteiger partial charge in [0.05, 0.1) is 11.4 Å². The first-order chi connectivity index (χ1) is 13.0. The monoisotopic (exact) mass is 383 g/mol. The Labute approximate surface area is 163 Å². The Morgan fingerprint density at radius 1 is 1.19 bits per heavy atom. The van der Waals surface area contributed by atoms with Gasteiger partial charge in [0.1, 0.15) is 5.69 Å². The van der Waals surface area contributed by atoms with Crippen molar-refractivity contribution in [3.05, 3.63) is 44.5 Å². The van der Waals surface area contributed by atoms with Crippen molar-refractivity contribution in [2.45, 2.75) is 46.1 Å². The first kappa shape index (κ1) is 18.0. The largest absolute Gasteiger partial charge is 0.347 e. The molecule has 1 aliphatic carbocycles. The highest BCUT2D eigenvalue weighted by Gasteiger charge is 2.20. The van der Waals surface area contributed by atoms with E-state index in [1.165, 1.54) is 35.3 Å². The molecule has 1 amide bonds. The molecule has 4 rings (SSSR count). The molecule has 0 saturated carbocycles. The maximum atomic E-state index is 12.8. The topological polar surface area (TPSA) is 64.7 Å². The summed E-state index contributed by atoms with van der Waals surface area (Å²) in [4.78, 5) is 14.3. The fourth-order valence-electron chi connectivity index (χ4n) is 3.92. The molecule has 0 radical (unpaired) electrons. The van der Waals surface area contributed by atoms with E-state index in [0.29, 0.717) is 12.2 Å². The molecule has 7 heteroatoms. The highest BCUT2D eigenvalue weighted by molar-refractivity contribution is 7.10. The summed E-state index contributed by atoms with van der Waals surface area (Å²) in [5, 5.41) is 14.3. The van der Waals surface area contributed by atoms with Crippen molar-refractivity contribution < 1.29 is 4.79 Å². The maximum absolute atomic E-state index is 12.8. The summed E-state index contributed by atoms with van der Waals surface area (Å²) in [6.07, 6.45) is 4.85. The van der Waals surface area contributed by atoms with Crippen LogP contribution in [0.25, 0.3) is 11.3 Å². The molecule has 27 heavy (non-hydrogen) atoms. The van der Waals surface area contributed by atoms with Crippen molar-refractivity contribution in [1.82, 2.24) is 24.9 Å². The number of nitrogens with zero attached hydrogens (tertiary/aromatic N) is 4. The summed E-state index contributed by atoms with van der Waals surface area (Å²) < 4.78 is 3.50. The van der Waals surface area contributed by atoms with Gasteiger partial charge < -0.3 is 5.32 Å². The summed E-state index contributed by atoms with van der Waals surface area (Å²) in [5.74, 6) is -0.0915. The standard InChI is InChI=1S/C20H25N5OS/c1-12-19(13(2)24(3)22-12)16-9-17(25(4)23-16)20(26)21-10-14-11-27-18-8-6-5-7-15(14)18/h9,11H,5-8,10H2,1-4H3,(H,21,26). The number of thiophene rings is 1. The first-order valence-electron chi connectivity index (χ1n) is 9.36. The van der Waals surface area contributed by atoms with E-state index in [9.17, 15) is 4.79 Å². The van der Waals surface area contributed by atoms with Crippen molar-refractivity contribution in [2.75, 3.05) is 0 Å². The van der Waals surface area contributed by atoms with E-state index in [1.54, 1.807) is 4.68 Å². The lowest BCUT2D eigenvalue weighted by molar-refractivity contribution is 0.0941. The number of fused-ring (bicyclic) bond motifs is 1. The molecule has 6 nitrogen and oxygen atoms in total. The average molecular weight is 384 g/mol. The van der Waals surface area contributed by atoms with Crippen LogP contribution in [0.15, 0.2) is 11.4 Å². The number of rotatable bonds is 4. The highest BCUT2D eigenvalue weighted by Crippen LogP contribution is 2.30. The zero-order valence-corrected chi connectivity index (χ0v) is 17.1. The molecule has 3 aromatic rings. The number of hydrogen-bond donors (Lipinski definition) is 1. The minimum Gasteiger partial charge on any atom is -0.347 e. The van der Waals surface area contributed by atoms with Crippen LogP contribution in [0.3, 0.4) is 0 Å². The first-order valence-corrected chi connectivity index (χ1v) is 10.2. The number of aryl methyl sites for hydroxylation is 4. The van der Waals surface area contributed by atoms with E-state index in [0.717, 1.165) is 29.1 Å². The van der Waals surface area contributed by atoms with Crippen molar-refractivity contribution in [1.29, 1.82) is 0 Å². The number of hydrogen-bond acceptors (Lipinski definition) is 4. The van der Waals surface area contributed by atoms with Crippen LogP contribution in [0.2, 0.25) is 0 Å². The molecule has 0 bridgehead atoms. The van der Waals surface area contributed by atoms with Crippen LogP contribution in [-0.4, -0.2) is 25.5 Å². The lowest BCUT2D eigenvalue weighted by Crippen LogP contribution is -2.25. The van der Waals surface area contributed by atoms with Gasteiger partial charge in [0, 0.05) is 36.8 Å². The fourth-order valence-corrected chi connectivity index (χ4v) is 5.07. The molecule has 1 N–H and O–H groups in total. The summed E-state index contributed by atoms with van der Waals surface area (Å²) >= 11 is 1.83. The Morgan fingerprint density at radius 2 is 1.96 bits per heavy atom. The van der Waals surface area contributed by atoms with E-state index >= 15 is 0 Å². The van der Waals surface area contributed by atoms with Gasteiger partial charge in [-0.1, -0.05) is 0 Å². The quantitative estimate of drug-likeness (QED) is 0.752. The molecular formula is C20H25N5OS. The minimum atomic E-state index is -0.0915. The lowest BCUT2D eigenvalue weighted by atomic mass is 9.96. The highest BCUT2D eigenvalue weighted by atomic mass is 32.1. The Hall–Kier alpha value is -2.41. The fraction of sp³-hybridized carbons (Fsp3) is 0.450. The number of carbonyl (C=O) groups is 1. The van der Waals surface area contributed by atoms with Crippen molar-refractivity contribution in [3.8, 4) is 11.3 Å². The van der Waals surface area contributed by atoms with Crippen molar-refractivity contribution in [2.24, 2.45) is 14.1 Å². The predicted octanol–water partition coefficient (Wildman–Crippen LogP) is 3.31. The van der Waals surface area contributed by atoms with Crippen LogP contribution < -0.4 is 5.32 Å². The number of aromatic nitrogens is 4. The van der Waals surface area contributed by atoms with Gasteiger partial charge in [-0.25, -0.2) is 0 Å². The molecule has 142 valence electrons. The molecule has 0 aliphatic heterocycles. The third kappa shape index (κ3) is 3.20. The molecule has 0 atom stereocenters. The zero-order valence-electron chi connectivity index (χ0n) is 16.3. The SMILES string of the molecule is Cc1nn(C)c(C)c1-c1cc(C(=O)NCc2csc3c2CCCC3)n(C)n1. The van der Waals surface area contributed by atoms with E-state index in [4.69, 9.17) is 0 Å². The van der Waals surface area contributed by atoms with E-state index in [1.807, 2.05) is 50.0 Å². The van der Waals surface area contributed by atoms with Crippen LogP contribution >= 0.6 is 11.3 Å². The molecular weight excluding hydrogens is 358 g/mol. The number of carbonyl (C=O) groups excluding carboxylic acids is 1. The molecule has 0 unspecified atom stereocenters. The van der Waals surface area contributed by atoms with Gasteiger partial charge in [0.2, 0.25) is 0 Å². The van der Waals surface area contributed by atoms with Crippen LogP contribution in [0.4, 0.5) is 0 Å². The molecule has 3 aromatic heterocycles. The molecule has 0 saturated heterocycles. The smallest absolute Gasteiger partial charge is 0.269 e. The molecule has 0 aromatic carbocycles. The van der Waals surface area contributed by atoms with Gasteiger partial charge in [-0.2, -0.15) is 10.2 Å². The minimum absolute atomic E-state index is 0.0915. The summed E-state index contributed by atoms with van der Waals surface area (Å²) in [7, 11) is 3.73. The molecule has 1 aliphatic rings. The van der Waals surface area contributed by atoms with E-state index in [-0.39, 0.29) is 5.91 Å². The third-order valence-electron chi connectivity index (χ3n) is 5.47. The summed E-state index contributed by atoms with van der Waals surface area (Å²) in [6, 6.07) is 1.86. The van der Waals surface area contributed by atoms with Gasteiger partial charge in [-0.15, -0.1) is 11.3 Å². The van der Waals surface area contributed by atoms with Crippen LogP contribution in [0.1, 0.15) is 50.7 Å². The lowest BCUT2D eigenvalue weighted by Gasteiger charge is -2.13. The van der Waals surface area contributed by atoms with E-state index in [2.05, 4.69) is 20.9 Å². The second-order valence-corrected chi connectivity index (χ2v) is 8.22. The van der Waals surface area contributed by atoms with Gasteiger partial charge in [-0.05, 0) is 62.1 Å². The number of nitrogens with one attached hydrogen (secondary N) is 1. The van der Waals surface area contributed by atoms with Crippen molar-refractivity contribution in [3.63, 3.8) is 0 Å². The summed E-state index contributed by atoms with van der Waals surface area (Å²) in [6.45, 7) is 4.57. The Balaban J connectivity index is 1.53. The zero-order chi connectivity index (χ0) is 19.1. The van der Waals surface area contributed by atoms with Crippen molar-refractivity contribution >= 4 is 17.2 Å². The number of amides is 1. The average Bonchev–Trinajstić information content (AvgIpc) is 3.29. The second kappa shape index (κ2) is 6.96. The summed E-state index contributed by atoms with van der Waals surface area (Å²) in [5.41, 5.74) is 7.05. The van der Waals surface area contributed by atoms with Gasteiger partial charge in [-0.3, -0.25) is 14.2 Å². The van der Waals surface area contributed by atoms with Gasteiger partial charge in [0.25, 0.3) is 5.91 Å². The van der Waals surface area contributed by atoms with Crippen LogP contribution in [-0.2, 0) is 33.5 Å². The Bertz CT molecular complexity index is 1010. The van der Waals surface area contributed by atoms with Gasteiger partial charge >= 0.3 is 0 Å². The third-order valence-corrected chi connectivity index (χ3v) is 6.60. The van der Waals surface area contributed by atoms with E-state index < -0.39 is 0 Å². The molecule has 0 fully saturated rings. The Kier molecular flexibility index (Phi) is 4.63. The Morgan fingerprint density at radius 3 is 2.70 bits per heavy atom. The normalized spacial score (nSPS) is 13.6. The van der Waals surface area contributed by atoms with Crippen LogP contribution in [0.5, 0.6) is 0 Å². The maximum Gasteiger partial charge on any atom is 0.269 e. The molecule has 3 heterocycles. The van der Waals surface area contributed by atoms with Crippen LogP contribution in [0, 0.1) is 13.8 Å².